The van der Waals surface area contributed by atoms with Gasteiger partial charge in [0.2, 0.25) is 17.7 Å². The highest BCUT2D eigenvalue weighted by molar-refractivity contribution is 6.01. The maximum absolute atomic E-state index is 13.3. The lowest BCUT2D eigenvalue weighted by Crippen LogP contribution is -2.55. The molecule has 1 saturated heterocycles. The topological polar surface area (TPSA) is 140 Å². The number of hydrogen-bond donors (Lipinski definition) is 4. The van der Waals surface area contributed by atoms with Gasteiger partial charge in [0.15, 0.2) is 0 Å². The van der Waals surface area contributed by atoms with Crippen LogP contribution in [0.25, 0.3) is 0 Å². The van der Waals surface area contributed by atoms with E-state index in [4.69, 9.17) is 0 Å². The van der Waals surface area contributed by atoms with E-state index >= 15 is 0 Å². The molecule has 4 atom stereocenters. The third-order valence-corrected chi connectivity index (χ3v) is 6.43. The molecular weight excluding hydrogens is 446 g/mol. The van der Waals surface area contributed by atoms with Gasteiger partial charge in [0, 0.05) is 31.0 Å². The first-order valence-electron chi connectivity index (χ1n) is 11.7. The van der Waals surface area contributed by atoms with E-state index in [1.165, 1.54) is 0 Å². The molecule has 0 spiro atoms. The van der Waals surface area contributed by atoms with Crippen LogP contribution in [-0.2, 0) is 32.0 Å². The molecule has 2 heterocycles. The van der Waals surface area contributed by atoms with Crippen LogP contribution in [0.1, 0.15) is 24.0 Å². The van der Waals surface area contributed by atoms with Crippen LogP contribution < -0.4 is 21.3 Å². The lowest BCUT2D eigenvalue weighted by Gasteiger charge is -2.24. The van der Waals surface area contributed by atoms with Crippen molar-refractivity contribution in [3.63, 3.8) is 0 Å². The van der Waals surface area contributed by atoms with E-state index in [-0.39, 0.29) is 24.7 Å². The van der Waals surface area contributed by atoms with Crippen molar-refractivity contribution in [2.24, 2.45) is 5.92 Å². The minimum absolute atomic E-state index is 0.0372. The third kappa shape index (κ3) is 5.84. The molecule has 2 aliphatic heterocycles. The fourth-order valence-corrected chi connectivity index (χ4v) is 4.52. The second-order valence-corrected chi connectivity index (χ2v) is 8.86. The number of ketones is 1. The van der Waals surface area contributed by atoms with Crippen molar-refractivity contribution >= 4 is 29.2 Å². The molecule has 3 amide bonds. The Morgan fingerprint density at radius 2 is 1.77 bits per heavy atom. The molecule has 2 aromatic carbocycles. The molecule has 4 rings (SSSR count). The number of carbonyl (C=O) groups excluding carboxylic acids is 4. The highest BCUT2D eigenvalue weighted by atomic mass is 16.2. The number of Topliss-reactive ketones (excluding diaryl/α,β-unsaturated/α-hetero) is 1. The van der Waals surface area contributed by atoms with E-state index in [0.29, 0.717) is 19.4 Å². The molecule has 2 aromatic rings. The van der Waals surface area contributed by atoms with E-state index < -0.39 is 35.7 Å². The molecule has 2 aliphatic rings. The van der Waals surface area contributed by atoms with Crippen LogP contribution in [0.2, 0.25) is 0 Å². The zero-order valence-corrected chi connectivity index (χ0v) is 19.1. The van der Waals surface area contributed by atoms with Gasteiger partial charge in [-0.15, -0.1) is 0 Å². The van der Waals surface area contributed by atoms with Gasteiger partial charge in [-0.2, -0.15) is 5.26 Å². The number of benzene rings is 2. The van der Waals surface area contributed by atoms with Crippen molar-refractivity contribution in [1.82, 2.24) is 16.0 Å². The lowest BCUT2D eigenvalue weighted by atomic mass is 9.95. The fourth-order valence-electron chi connectivity index (χ4n) is 4.52. The van der Waals surface area contributed by atoms with Gasteiger partial charge in [0.05, 0.1) is 0 Å². The monoisotopic (exact) mass is 473 g/mol. The van der Waals surface area contributed by atoms with Crippen LogP contribution in [0.4, 0.5) is 5.69 Å². The van der Waals surface area contributed by atoms with E-state index in [9.17, 15) is 24.4 Å². The number of amides is 3. The van der Waals surface area contributed by atoms with Crippen molar-refractivity contribution in [3.8, 4) is 6.07 Å². The van der Waals surface area contributed by atoms with Crippen molar-refractivity contribution in [1.29, 1.82) is 5.26 Å². The Morgan fingerprint density at radius 3 is 2.46 bits per heavy atom. The summed E-state index contributed by atoms with van der Waals surface area (Å²) in [6.07, 6.45) is 1.26. The van der Waals surface area contributed by atoms with Crippen LogP contribution in [0.5, 0.6) is 0 Å². The lowest BCUT2D eigenvalue weighted by molar-refractivity contribution is -0.131. The third-order valence-electron chi connectivity index (χ3n) is 6.43. The Morgan fingerprint density at radius 1 is 1.03 bits per heavy atom. The fraction of sp³-hybridized carbons (Fsp3) is 0.346. The second-order valence-electron chi connectivity index (χ2n) is 8.86. The smallest absolute Gasteiger partial charge is 0.254 e. The molecule has 180 valence electrons. The summed E-state index contributed by atoms with van der Waals surface area (Å²) in [5, 5.41) is 20.5. The molecule has 4 N–H and O–H groups in total. The SMILES string of the molecule is N#CC(=O)[C@H](C[C@@H]1CCNC1=O)NC(=O)[C@H](Cc1ccccc1)NC(=O)C1Cc2ccccc2N1. The zero-order valence-electron chi connectivity index (χ0n) is 19.1. The number of fused-ring (bicyclic) bond motifs is 1. The summed E-state index contributed by atoms with van der Waals surface area (Å²) < 4.78 is 0. The van der Waals surface area contributed by atoms with Crippen molar-refractivity contribution in [2.45, 2.75) is 43.8 Å². The largest absolute Gasteiger partial charge is 0.373 e. The standard InChI is InChI=1S/C26H27N5O4/c27-15-23(32)20(14-18-10-11-28-24(18)33)30-25(34)21(12-16-6-2-1-3-7-16)31-26(35)22-13-17-8-4-5-9-19(17)29-22/h1-9,18,20-22,29H,10-14H2,(H,28,33)(H,30,34)(H,31,35)/t18-,20-,21-,22?/m0/s1. The zero-order chi connectivity index (χ0) is 24.8. The van der Waals surface area contributed by atoms with E-state index in [1.54, 1.807) is 6.07 Å². The van der Waals surface area contributed by atoms with Gasteiger partial charge in [-0.1, -0.05) is 48.5 Å². The molecule has 35 heavy (non-hydrogen) atoms. The molecule has 0 bridgehead atoms. The van der Waals surface area contributed by atoms with E-state index in [0.717, 1.165) is 16.8 Å². The first-order chi connectivity index (χ1) is 16.9. The molecule has 9 heteroatoms. The van der Waals surface area contributed by atoms with Crippen LogP contribution >= 0.6 is 0 Å². The highest BCUT2D eigenvalue weighted by Crippen LogP contribution is 2.25. The van der Waals surface area contributed by atoms with Crippen LogP contribution in [-0.4, -0.2) is 48.2 Å². The van der Waals surface area contributed by atoms with E-state index in [1.807, 2.05) is 54.6 Å². The summed E-state index contributed by atoms with van der Waals surface area (Å²) in [6, 6.07) is 15.8. The minimum Gasteiger partial charge on any atom is -0.373 e. The molecule has 0 aromatic heterocycles. The minimum atomic E-state index is -1.13. The Hall–Kier alpha value is -4.19. The normalized spacial score (nSPS) is 19.9. The highest BCUT2D eigenvalue weighted by Gasteiger charge is 2.34. The van der Waals surface area contributed by atoms with Crippen molar-refractivity contribution in [3.05, 3.63) is 65.7 Å². The average Bonchev–Trinajstić information content (AvgIpc) is 3.49. The van der Waals surface area contributed by atoms with Gasteiger partial charge in [-0.3, -0.25) is 19.2 Å². The summed E-state index contributed by atoms with van der Waals surface area (Å²) in [5.74, 6) is -2.40. The Bertz CT molecular complexity index is 1130. The molecule has 0 aliphatic carbocycles. The van der Waals surface area contributed by atoms with Crippen molar-refractivity contribution in [2.75, 3.05) is 11.9 Å². The summed E-state index contributed by atoms with van der Waals surface area (Å²) in [7, 11) is 0. The number of nitrogens with zero attached hydrogens (tertiary/aromatic N) is 1. The summed E-state index contributed by atoms with van der Waals surface area (Å²) in [4.78, 5) is 50.6. The molecule has 9 nitrogen and oxygen atoms in total. The summed E-state index contributed by atoms with van der Waals surface area (Å²) >= 11 is 0. The number of nitriles is 1. The summed E-state index contributed by atoms with van der Waals surface area (Å²) in [6.45, 7) is 0.494. The van der Waals surface area contributed by atoms with Crippen molar-refractivity contribution < 1.29 is 19.2 Å². The van der Waals surface area contributed by atoms with Gasteiger partial charge in [0.25, 0.3) is 5.78 Å². The van der Waals surface area contributed by atoms with Gasteiger partial charge >= 0.3 is 0 Å². The number of anilines is 1. The molecule has 0 saturated carbocycles. The Labute approximate surface area is 203 Å². The van der Waals surface area contributed by atoms with Crippen LogP contribution in [0, 0.1) is 17.2 Å². The summed E-state index contributed by atoms with van der Waals surface area (Å²) in [5.41, 5.74) is 2.73. The first-order valence-corrected chi connectivity index (χ1v) is 11.7. The predicted octanol–water partition coefficient (Wildman–Crippen LogP) is 0.854. The molecular formula is C26H27N5O4. The molecule has 0 radical (unpaired) electrons. The van der Waals surface area contributed by atoms with Crippen LogP contribution in [0.3, 0.4) is 0 Å². The number of carbonyl (C=O) groups is 4. The van der Waals surface area contributed by atoms with Gasteiger partial charge in [-0.05, 0) is 30.0 Å². The van der Waals surface area contributed by atoms with Gasteiger partial charge in [-0.25, -0.2) is 0 Å². The predicted molar refractivity (Wildman–Crippen MR) is 128 cm³/mol. The first kappa shape index (κ1) is 24.0. The molecule has 1 unspecified atom stereocenters. The number of hydrogen-bond acceptors (Lipinski definition) is 6. The van der Waals surface area contributed by atoms with Crippen LogP contribution in [0.15, 0.2) is 54.6 Å². The Kier molecular flexibility index (Phi) is 7.41. The van der Waals surface area contributed by atoms with Gasteiger partial charge in [0.1, 0.15) is 24.2 Å². The maximum atomic E-state index is 13.3. The average molecular weight is 474 g/mol. The second kappa shape index (κ2) is 10.8. The number of nitrogens with one attached hydrogen (secondary N) is 4. The number of para-hydroxylation sites is 1. The molecule has 1 fully saturated rings. The number of rotatable bonds is 9. The van der Waals surface area contributed by atoms with Gasteiger partial charge < -0.3 is 21.3 Å². The quantitative estimate of drug-likeness (QED) is 0.398. The Balaban J connectivity index is 1.48. The van der Waals surface area contributed by atoms with E-state index in [2.05, 4.69) is 21.3 Å². The maximum Gasteiger partial charge on any atom is 0.254 e.